The summed E-state index contributed by atoms with van der Waals surface area (Å²) in [6, 6.07) is 9.79. The summed E-state index contributed by atoms with van der Waals surface area (Å²) in [6.45, 7) is 2.41. The SMILES string of the molecule is CCN(c1ccccc1F)c1ncccc1C=O. The molecule has 0 N–H and O–H groups in total. The first-order valence-corrected chi connectivity index (χ1v) is 5.70. The molecular weight excluding hydrogens is 231 g/mol. The van der Waals surface area contributed by atoms with Gasteiger partial charge in [-0.25, -0.2) is 9.37 Å². The molecule has 1 aromatic heterocycles. The summed E-state index contributed by atoms with van der Waals surface area (Å²) in [7, 11) is 0. The molecule has 0 aliphatic heterocycles. The van der Waals surface area contributed by atoms with Crippen LogP contribution in [0.4, 0.5) is 15.9 Å². The number of para-hydroxylation sites is 1. The lowest BCUT2D eigenvalue weighted by Gasteiger charge is -2.23. The first-order chi connectivity index (χ1) is 8.77. The van der Waals surface area contributed by atoms with Crippen LogP contribution in [0.5, 0.6) is 0 Å². The third-order valence-electron chi connectivity index (χ3n) is 2.66. The van der Waals surface area contributed by atoms with Gasteiger partial charge in [0, 0.05) is 12.7 Å². The third-order valence-corrected chi connectivity index (χ3v) is 2.66. The fraction of sp³-hybridized carbons (Fsp3) is 0.143. The Bertz CT molecular complexity index is 557. The quantitative estimate of drug-likeness (QED) is 0.774. The number of carbonyl (C=O) groups excluding carboxylic acids is 1. The maximum atomic E-state index is 13.8. The number of pyridine rings is 1. The van der Waals surface area contributed by atoms with Gasteiger partial charge in [-0.1, -0.05) is 12.1 Å². The van der Waals surface area contributed by atoms with Crippen LogP contribution in [0, 0.1) is 5.82 Å². The summed E-state index contributed by atoms with van der Waals surface area (Å²) in [5, 5.41) is 0. The fourth-order valence-corrected chi connectivity index (χ4v) is 1.83. The molecule has 92 valence electrons. The molecular formula is C14H13FN2O. The molecule has 1 heterocycles. The monoisotopic (exact) mass is 244 g/mol. The van der Waals surface area contributed by atoms with Crippen molar-refractivity contribution in [3.8, 4) is 0 Å². The Morgan fingerprint density at radius 2 is 2.06 bits per heavy atom. The van der Waals surface area contributed by atoms with E-state index in [0.717, 1.165) is 6.29 Å². The van der Waals surface area contributed by atoms with Crippen LogP contribution in [0.15, 0.2) is 42.6 Å². The Morgan fingerprint density at radius 3 is 2.72 bits per heavy atom. The van der Waals surface area contributed by atoms with Crippen LogP contribution in [0.25, 0.3) is 0 Å². The molecule has 0 bridgehead atoms. The van der Waals surface area contributed by atoms with Crippen LogP contribution in [0.2, 0.25) is 0 Å². The number of rotatable bonds is 4. The van der Waals surface area contributed by atoms with E-state index in [2.05, 4.69) is 4.98 Å². The topological polar surface area (TPSA) is 33.2 Å². The molecule has 0 aliphatic carbocycles. The number of hydrogen-bond donors (Lipinski definition) is 0. The van der Waals surface area contributed by atoms with Gasteiger partial charge in [0.1, 0.15) is 11.6 Å². The Morgan fingerprint density at radius 1 is 1.28 bits per heavy atom. The molecule has 3 nitrogen and oxygen atoms in total. The number of carbonyl (C=O) groups is 1. The molecule has 2 rings (SSSR count). The van der Waals surface area contributed by atoms with Gasteiger partial charge in [0.15, 0.2) is 6.29 Å². The lowest BCUT2D eigenvalue weighted by Crippen LogP contribution is -2.20. The minimum atomic E-state index is -0.332. The number of hydrogen-bond acceptors (Lipinski definition) is 3. The van der Waals surface area contributed by atoms with Crippen molar-refractivity contribution in [3.05, 3.63) is 54.0 Å². The molecule has 0 aliphatic rings. The highest BCUT2D eigenvalue weighted by molar-refractivity contribution is 5.84. The number of aldehydes is 1. The van der Waals surface area contributed by atoms with E-state index in [4.69, 9.17) is 0 Å². The molecule has 0 saturated heterocycles. The van der Waals surface area contributed by atoms with Gasteiger partial charge in [-0.05, 0) is 31.2 Å². The number of benzene rings is 1. The molecule has 18 heavy (non-hydrogen) atoms. The summed E-state index contributed by atoms with van der Waals surface area (Å²) >= 11 is 0. The molecule has 0 atom stereocenters. The van der Waals surface area contributed by atoms with Crippen molar-refractivity contribution in [1.29, 1.82) is 0 Å². The zero-order chi connectivity index (χ0) is 13.0. The van der Waals surface area contributed by atoms with Gasteiger partial charge in [0.2, 0.25) is 0 Å². The lowest BCUT2D eigenvalue weighted by molar-refractivity contribution is 0.112. The number of anilines is 2. The van der Waals surface area contributed by atoms with Gasteiger partial charge in [0.05, 0.1) is 11.3 Å². The van der Waals surface area contributed by atoms with Crippen LogP contribution >= 0.6 is 0 Å². The summed E-state index contributed by atoms with van der Waals surface area (Å²) < 4.78 is 13.8. The first-order valence-electron chi connectivity index (χ1n) is 5.70. The van der Waals surface area contributed by atoms with E-state index in [-0.39, 0.29) is 5.82 Å². The summed E-state index contributed by atoms with van der Waals surface area (Å²) in [5.41, 5.74) is 0.865. The van der Waals surface area contributed by atoms with Gasteiger partial charge in [-0.2, -0.15) is 0 Å². The Balaban J connectivity index is 2.52. The second-order valence-electron chi connectivity index (χ2n) is 3.73. The van der Waals surface area contributed by atoms with Crippen LogP contribution in [0.1, 0.15) is 17.3 Å². The standard InChI is InChI=1S/C14H13FN2O/c1-2-17(13-8-4-3-7-12(13)15)14-11(10-18)6-5-9-16-14/h3-10H,2H2,1H3. The maximum Gasteiger partial charge on any atom is 0.153 e. The van der Waals surface area contributed by atoms with Crippen molar-refractivity contribution in [3.63, 3.8) is 0 Å². The summed E-state index contributed by atoms with van der Waals surface area (Å²) in [4.78, 5) is 16.8. The Labute approximate surface area is 105 Å². The molecule has 1 aromatic carbocycles. The highest BCUT2D eigenvalue weighted by Gasteiger charge is 2.15. The van der Waals surface area contributed by atoms with Crippen LogP contribution in [-0.2, 0) is 0 Å². The van der Waals surface area contributed by atoms with Gasteiger partial charge in [0.25, 0.3) is 0 Å². The van der Waals surface area contributed by atoms with Crippen molar-refractivity contribution < 1.29 is 9.18 Å². The van der Waals surface area contributed by atoms with Crippen molar-refractivity contribution in [1.82, 2.24) is 4.98 Å². The number of nitrogens with zero attached hydrogens (tertiary/aromatic N) is 2. The number of halogens is 1. The van der Waals surface area contributed by atoms with Crippen molar-refractivity contribution in [2.75, 3.05) is 11.4 Å². The van der Waals surface area contributed by atoms with E-state index < -0.39 is 0 Å². The molecule has 2 aromatic rings. The lowest BCUT2D eigenvalue weighted by atomic mass is 10.2. The minimum Gasteiger partial charge on any atom is -0.324 e. The predicted molar refractivity (Wildman–Crippen MR) is 68.7 cm³/mol. The summed E-state index contributed by atoms with van der Waals surface area (Å²) in [6.07, 6.45) is 2.32. The fourth-order valence-electron chi connectivity index (χ4n) is 1.83. The van der Waals surface area contributed by atoms with E-state index in [0.29, 0.717) is 23.6 Å². The molecule has 4 heteroatoms. The highest BCUT2D eigenvalue weighted by Crippen LogP contribution is 2.27. The Kier molecular flexibility index (Phi) is 3.67. The molecule has 0 saturated carbocycles. The van der Waals surface area contributed by atoms with Crippen molar-refractivity contribution >= 4 is 17.8 Å². The molecule has 0 fully saturated rings. The molecule has 0 unspecified atom stereocenters. The highest BCUT2D eigenvalue weighted by atomic mass is 19.1. The first kappa shape index (κ1) is 12.2. The van der Waals surface area contributed by atoms with E-state index in [1.807, 2.05) is 6.92 Å². The predicted octanol–water partition coefficient (Wildman–Crippen LogP) is 3.19. The number of aromatic nitrogens is 1. The van der Waals surface area contributed by atoms with Crippen LogP contribution in [-0.4, -0.2) is 17.8 Å². The minimum absolute atomic E-state index is 0.332. The Hall–Kier alpha value is -2.23. The van der Waals surface area contributed by atoms with Gasteiger partial charge >= 0.3 is 0 Å². The van der Waals surface area contributed by atoms with Gasteiger partial charge < -0.3 is 4.90 Å². The van der Waals surface area contributed by atoms with E-state index >= 15 is 0 Å². The normalized spacial score (nSPS) is 10.1. The average molecular weight is 244 g/mol. The van der Waals surface area contributed by atoms with Crippen LogP contribution in [0.3, 0.4) is 0 Å². The third kappa shape index (κ3) is 2.22. The van der Waals surface area contributed by atoms with E-state index in [1.165, 1.54) is 6.07 Å². The molecule has 0 spiro atoms. The van der Waals surface area contributed by atoms with Crippen molar-refractivity contribution in [2.24, 2.45) is 0 Å². The average Bonchev–Trinajstić information content (AvgIpc) is 2.42. The molecule has 0 radical (unpaired) electrons. The van der Waals surface area contributed by atoms with E-state index in [1.54, 1.807) is 41.4 Å². The van der Waals surface area contributed by atoms with Crippen molar-refractivity contribution in [2.45, 2.75) is 6.92 Å². The second-order valence-corrected chi connectivity index (χ2v) is 3.73. The van der Waals surface area contributed by atoms with Gasteiger partial charge in [-0.3, -0.25) is 4.79 Å². The van der Waals surface area contributed by atoms with Gasteiger partial charge in [-0.15, -0.1) is 0 Å². The van der Waals surface area contributed by atoms with E-state index in [9.17, 15) is 9.18 Å². The van der Waals surface area contributed by atoms with Crippen LogP contribution < -0.4 is 4.90 Å². The largest absolute Gasteiger partial charge is 0.324 e. The zero-order valence-corrected chi connectivity index (χ0v) is 10.0. The second kappa shape index (κ2) is 5.40. The maximum absolute atomic E-state index is 13.8. The molecule has 0 amide bonds. The summed E-state index contributed by atoms with van der Waals surface area (Å²) in [5.74, 6) is 0.141. The smallest absolute Gasteiger partial charge is 0.153 e. The zero-order valence-electron chi connectivity index (χ0n) is 10.0.